The molecule has 0 saturated heterocycles. The summed E-state index contributed by atoms with van der Waals surface area (Å²) in [6, 6.07) is 3.73. The Morgan fingerprint density at radius 1 is 1.23 bits per heavy atom. The highest BCUT2D eigenvalue weighted by Gasteiger charge is 2.30. The van der Waals surface area contributed by atoms with E-state index in [1.165, 1.54) is 12.1 Å². The van der Waals surface area contributed by atoms with Gasteiger partial charge in [0, 0.05) is 18.0 Å². The van der Waals surface area contributed by atoms with Crippen molar-refractivity contribution in [3.63, 3.8) is 0 Å². The molecule has 1 saturated carbocycles. The molecule has 1 nitrogen and oxygen atoms in total. The summed E-state index contributed by atoms with van der Waals surface area (Å²) in [5, 5.41) is 0. The molecule has 1 aliphatic carbocycles. The monoisotopic (exact) mass is 183 g/mol. The smallest absolute Gasteiger partial charge is 0.129 e. The summed E-state index contributed by atoms with van der Waals surface area (Å²) in [5.74, 6) is -0.921. The summed E-state index contributed by atoms with van der Waals surface area (Å²) in [6.45, 7) is 0. The summed E-state index contributed by atoms with van der Waals surface area (Å²) < 4.78 is 25.8. The molecule has 0 aromatic heterocycles. The van der Waals surface area contributed by atoms with Gasteiger partial charge < -0.3 is 5.73 Å². The van der Waals surface area contributed by atoms with Gasteiger partial charge in [0.25, 0.3) is 0 Å². The van der Waals surface area contributed by atoms with Crippen LogP contribution in [0.3, 0.4) is 0 Å². The van der Waals surface area contributed by atoms with E-state index >= 15 is 0 Å². The fourth-order valence-electron chi connectivity index (χ4n) is 1.71. The van der Waals surface area contributed by atoms with Gasteiger partial charge in [-0.15, -0.1) is 0 Å². The van der Waals surface area contributed by atoms with Gasteiger partial charge in [-0.1, -0.05) is 6.07 Å². The molecular weight excluding hydrogens is 172 g/mol. The molecule has 0 aliphatic heterocycles. The minimum absolute atomic E-state index is 0.0416. The van der Waals surface area contributed by atoms with E-state index in [1.54, 1.807) is 0 Å². The predicted molar refractivity (Wildman–Crippen MR) is 46.3 cm³/mol. The van der Waals surface area contributed by atoms with Crippen LogP contribution in [-0.2, 0) is 0 Å². The molecule has 3 heteroatoms. The predicted octanol–water partition coefficient (Wildman–Crippen LogP) is 2.17. The van der Waals surface area contributed by atoms with E-state index in [9.17, 15) is 8.78 Å². The van der Waals surface area contributed by atoms with Gasteiger partial charge in [-0.25, -0.2) is 8.78 Å². The molecule has 0 spiro atoms. The Labute approximate surface area is 75.6 Å². The minimum Gasteiger partial charge on any atom is -0.327 e. The van der Waals surface area contributed by atoms with E-state index in [0.29, 0.717) is 5.56 Å². The van der Waals surface area contributed by atoms with Crippen LogP contribution in [0.2, 0.25) is 0 Å². The number of benzene rings is 1. The van der Waals surface area contributed by atoms with Gasteiger partial charge in [0.15, 0.2) is 0 Å². The van der Waals surface area contributed by atoms with Crippen molar-refractivity contribution >= 4 is 0 Å². The van der Waals surface area contributed by atoms with Crippen molar-refractivity contribution in [1.29, 1.82) is 0 Å². The summed E-state index contributed by atoms with van der Waals surface area (Å²) in [7, 11) is 0. The standard InChI is InChI=1S/C10H11F2N/c11-6-1-2-7(9(12)5-6)8-3-4-10(8)13/h1-2,5,8,10H,3-4,13H2/t8-,10-/m1/s1. The Kier molecular flexibility index (Phi) is 2.04. The Morgan fingerprint density at radius 3 is 2.46 bits per heavy atom. The van der Waals surface area contributed by atoms with Crippen molar-refractivity contribution in [1.82, 2.24) is 0 Å². The quantitative estimate of drug-likeness (QED) is 0.709. The molecule has 1 fully saturated rings. The molecule has 13 heavy (non-hydrogen) atoms. The summed E-state index contributed by atoms with van der Waals surface area (Å²) in [4.78, 5) is 0. The zero-order chi connectivity index (χ0) is 9.42. The lowest BCUT2D eigenvalue weighted by molar-refractivity contribution is 0.336. The van der Waals surface area contributed by atoms with Gasteiger partial charge in [-0.05, 0) is 24.5 Å². The number of nitrogens with two attached hydrogens (primary N) is 1. The Balaban J connectivity index is 2.30. The van der Waals surface area contributed by atoms with Crippen LogP contribution in [-0.4, -0.2) is 6.04 Å². The zero-order valence-corrected chi connectivity index (χ0v) is 7.13. The molecule has 2 N–H and O–H groups in total. The van der Waals surface area contributed by atoms with E-state index in [-0.39, 0.29) is 12.0 Å². The van der Waals surface area contributed by atoms with Crippen LogP contribution < -0.4 is 5.73 Å². The van der Waals surface area contributed by atoms with Crippen molar-refractivity contribution in [2.24, 2.45) is 5.73 Å². The van der Waals surface area contributed by atoms with Gasteiger partial charge in [0.05, 0.1) is 0 Å². The molecule has 2 rings (SSSR count). The zero-order valence-electron chi connectivity index (χ0n) is 7.13. The first-order valence-electron chi connectivity index (χ1n) is 4.39. The summed E-state index contributed by atoms with van der Waals surface area (Å²) in [5.41, 5.74) is 6.26. The first kappa shape index (κ1) is 8.63. The van der Waals surface area contributed by atoms with Crippen LogP contribution in [0.15, 0.2) is 18.2 Å². The average molecular weight is 183 g/mol. The van der Waals surface area contributed by atoms with E-state index < -0.39 is 11.6 Å². The fourth-order valence-corrected chi connectivity index (χ4v) is 1.71. The first-order valence-corrected chi connectivity index (χ1v) is 4.39. The second-order valence-corrected chi connectivity index (χ2v) is 3.51. The lowest BCUT2D eigenvalue weighted by Gasteiger charge is -2.34. The topological polar surface area (TPSA) is 26.0 Å². The Morgan fingerprint density at radius 2 is 2.00 bits per heavy atom. The van der Waals surface area contributed by atoms with Gasteiger partial charge in [0.2, 0.25) is 0 Å². The molecule has 0 unspecified atom stereocenters. The molecule has 2 atom stereocenters. The van der Waals surface area contributed by atoms with Crippen LogP contribution >= 0.6 is 0 Å². The van der Waals surface area contributed by atoms with E-state index in [2.05, 4.69) is 0 Å². The average Bonchev–Trinajstić information content (AvgIpc) is 2.07. The molecule has 0 bridgehead atoms. The van der Waals surface area contributed by atoms with Crippen LogP contribution in [0.1, 0.15) is 24.3 Å². The number of rotatable bonds is 1. The lowest BCUT2D eigenvalue weighted by Crippen LogP contribution is -2.37. The summed E-state index contributed by atoms with van der Waals surface area (Å²) in [6.07, 6.45) is 1.84. The van der Waals surface area contributed by atoms with Crippen molar-refractivity contribution < 1.29 is 8.78 Å². The second-order valence-electron chi connectivity index (χ2n) is 3.51. The molecular formula is C10H11F2N. The molecule has 1 aromatic rings. The molecule has 70 valence electrons. The Bertz CT molecular complexity index is 325. The van der Waals surface area contributed by atoms with Crippen molar-refractivity contribution in [2.45, 2.75) is 24.8 Å². The molecule has 0 radical (unpaired) electrons. The highest BCUT2D eigenvalue weighted by atomic mass is 19.1. The Hall–Kier alpha value is -0.960. The molecule has 0 heterocycles. The van der Waals surface area contributed by atoms with Crippen molar-refractivity contribution in [3.05, 3.63) is 35.4 Å². The highest BCUT2D eigenvalue weighted by Crippen LogP contribution is 2.36. The van der Waals surface area contributed by atoms with Crippen LogP contribution in [0.4, 0.5) is 8.78 Å². The van der Waals surface area contributed by atoms with Gasteiger partial charge in [0.1, 0.15) is 11.6 Å². The molecule has 1 aromatic carbocycles. The maximum Gasteiger partial charge on any atom is 0.129 e. The van der Waals surface area contributed by atoms with E-state index in [4.69, 9.17) is 5.73 Å². The number of halogens is 2. The van der Waals surface area contributed by atoms with Crippen molar-refractivity contribution in [3.8, 4) is 0 Å². The minimum atomic E-state index is -0.533. The first-order chi connectivity index (χ1) is 6.18. The highest BCUT2D eigenvalue weighted by molar-refractivity contribution is 5.26. The third-order valence-corrected chi connectivity index (χ3v) is 2.69. The van der Waals surface area contributed by atoms with Crippen LogP contribution in [0.25, 0.3) is 0 Å². The number of hydrogen-bond acceptors (Lipinski definition) is 1. The lowest BCUT2D eigenvalue weighted by atomic mass is 9.75. The summed E-state index contributed by atoms with van der Waals surface area (Å²) >= 11 is 0. The van der Waals surface area contributed by atoms with Gasteiger partial charge in [-0.2, -0.15) is 0 Å². The largest absolute Gasteiger partial charge is 0.327 e. The second kappa shape index (κ2) is 3.07. The normalized spacial score (nSPS) is 27.0. The molecule has 1 aliphatic rings. The van der Waals surface area contributed by atoms with Crippen LogP contribution in [0, 0.1) is 11.6 Å². The third-order valence-electron chi connectivity index (χ3n) is 2.69. The number of hydrogen-bond donors (Lipinski definition) is 1. The van der Waals surface area contributed by atoms with Crippen LogP contribution in [0.5, 0.6) is 0 Å². The molecule has 0 amide bonds. The maximum atomic E-state index is 13.2. The van der Waals surface area contributed by atoms with E-state index in [1.807, 2.05) is 0 Å². The SMILES string of the molecule is N[C@@H]1CC[C@@H]1c1ccc(F)cc1F. The third kappa shape index (κ3) is 1.44. The van der Waals surface area contributed by atoms with Gasteiger partial charge >= 0.3 is 0 Å². The van der Waals surface area contributed by atoms with Gasteiger partial charge in [-0.3, -0.25) is 0 Å². The van der Waals surface area contributed by atoms with Crippen molar-refractivity contribution in [2.75, 3.05) is 0 Å². The fraction of sp³-hybridized carbons (Fsp3) is 0.400. The maximum absolute atomic E-state index is 13.2. The van der Waals surface area contributed by atoms with E-state index in [0.717, 1.165) is 18.9 Å².